The largest absolute Gasteiger partial charge is 0.388 e. The molecule has 0 aliphatic heterocycles. The van der Waals surface area contributed by atoms with Crippen molar-refractivity contribution in [3.8, 4) is 22.8 Å². The van der Waals surface area contributed by atoms with Crippen molar-refractivity contribution in [1.29, 1.82) is 0 Å². The molecule has 1 N–H and O–H groups in total. The molecule has 1 aromatic heterocycles. The lowest BCUT2D eigenvalue weighted by Gasteiger charge is -2.14. The van der Waals surface area contributed by atoms with Gasteiger partial charge >= 0.3 is 0 Å². The Kier molecular flexibility index (Phi) is 7.89. The second-order valence-electron chi connectivity index (χ2n) is 6.72. The van der Waals surface area contributed by atoms with Crippen molar-refractivity contribution >= 4 is 11.6 Å². The molecule has 0 fully saturated rings. The minimum Gasteiger partial charge on any atom is -0.388 e. The van der Waals surface area contributed by atoms with Gasteiger partial charge in [0.2, 0.25) is 5.95 Å². The van der Waals surface area contributed by atoms with Gasteiger partial charge in [0.05, 0.1) is 0 Å². The summed E-state index contributed by atoms with van der Waals surface area (Å²) in [6, 6.07) is 30.0. The van der Waals surface area contributed by atoms with Crippen LogP contribution in [-0.2, 0) is 0 Å². The van der Waals surface area contributed by atoms with E-state index < -0.39 is 0 Å². The van der Waals surface area contributed by atoms with Crippen molar-refractivity contribution in [3.63, 3.8) is 0 Å². The van der Waals surface area contributed by atoms with E-state index in [1.54, 1.807) is 0 Å². The van der Waals surface area contributed by atoms with Crippen LogP contribution in [0.1, 0.15) is 6.92 Å². The molecule has 156 valence electrons. The Hall–Kier alpha value is -3.99. The number of benzene rings is 3. The second kappa shape index (κ2) is 11.3. The lowest BCUT2D eigenvalue weighted by Crippen LogP contribution is -2.13. The normalized spacial score (nSPS) is 10.3. The molecule has 0 unspecified atom stereocenters. The Morgan fingerprint density at radius 1 is 0.677 bits per heavy atom. The van der Waals surface area contributed by atoms with Gasteiger partial charge < -0.3 is 10.2 Å². The summed E-state index contributed by atoms with van der Waals surface area (Å²) in [5.41, 5.74) is 3.11. The SMILES string of the molecule is C/C=C/N(C)c1nc(-c2ccccc2)nc(-c2ccccc2)n1.CNc1ccccc1. The Balaban J connectivity index is 0.000000287. The molecular formula is C26H27N5. The van der Waals surface area contributed by atoms with Crippen LogP contribution in [0.5, 0.6) is 0 Å². The Bertz CT molecular complexity index is 1020. The number of allylic oxidation sites excluding steroid dienone is 1. The summed E-state index contributed by atoms with van der Waals surface area (Å²) in [5, 5.41) is 3.03. The fourth-order valence-corrected chi connectivity index (χ4v) is 2.85. The number of hydrogen-bond acceptors (Lipinski definition) is 5. The van der Waals surface area contributed by atoms with Crippen LogP contribution in [0.4, 0.5) is 11.6 Å². The molecule has 31 heavy (non-hydrogen) atoms. The zero-order valence-electron chi connectivity index (χ0n) is 18.1. The molecule has 4 aromatic rings. The first kappa shape index (κ1) is 21.7. The van der Waals surface area contributed by atoms with E-state index in [1.165, 1.54) is 0 Å². The van der Waals surface area contributed by atoms with Crippen LogP contribution in [-0.4, -0.2) is 29.0 Å². The van der Waals surface area contributed by atoms with Gasteiger partial charge in [-0.05, 0) is 19.1 Å². The molecule has 1 heterocycles. The third-order valence-corrected chi connectivity index (χ3v) is 4.44. The maximum Gasteiger partial charge on any atom is 0.233 e. The molecule has 5 nitrogen and oxygen atoms in total. The van der Waals surface area contributed by atoms with Crippen LogP contribution in [0.25, 0.3) is 22.8 Å². The molecule has 0 amide bonds. The van der Waals surface area contributed by atoms with Crippen LogP contribution in [0.2, 0.25) is 0 Å². The maximum absolute atomic E-state index is 4.64. The number of anilines is 2. The minimum absolute atomic E-state index is 0.621. The van der Waals surface area contributed by atoms with Crippen LogP contribution in [0, 0.1) is 0 Å². The summed E-state index contributed by atoms with van der Waals surface area (Å²) in [5.74, 6) is 1.97. The molecule has 0 aliphatic rings. The second-order valence-corrected chi connectivity index (χ2v) is 6.72. The van der Waals surface area contributed by atoms with Gasteiger partial charge in [-0.3, -0.25) is 0 Å². The van der Waals surface area contributed by atoms with E-state index in [4.69, 9.17) is 0 Å². The zero-order valence-corrected chi connectivity index (χ0v) is 18.1. The molecule has 0 spiro atoms. The Labute approximate surface area is 184 Å². The first-order valence-electron chi connectivity index (χ1n) is 10.2. The van der Waals surface area contributed by atoms with Crippen LogP contribution < -0.4 is 10.2 Å². The van der Waals surface area contributed by atoms with E-state index in [0.29, 0.717) is 17.6 Å². The third-order valence-electron chi connectivity index (χ3n) is 4.44. The minimum atomic E-state index is 0.621. The maximum atomic E-state index is 4.64. The van der Waals surface area contributed by atoms with Crippen molar-refractivity contribution < 1.29 is 0 Å². The number of rotatable bonds is 5. The highest BCUT2D eigenvalue weighted by atomic mass is 15.2. The summed E-state index contributed by atoms with van der Waals surface area (Å²) in [6.45, 7) is 1.97. The number of nitrogens with zero attached hydrogens (tertiary/aromatic N) is 4. The van der Waals surface area contributed by atoms with Gasteiger partial charge in [0.15, 0.2) is 11.6 Å². The smallest absolute Gasteiger partial charge is 0.233 e. The van der Waals surface area contributed by atoms with E-state index in [1.807, 2.05) is 129 Å². The monoisotopic (exact) mass is 409 g/mol. The molecule has 3 aromatic carbocycles. The molecule has 0 radical (unpaired) electrons. The first-order chi connectivity index (χ1) is 15.2. The predicted molar refractivity (Wildman–Crippen MR) is 130 cm³/mol. The lowest BCUT2D eigenvalue weighted by atomic mass is 10.2. The molecule has 0 saturated heterocycles. The van der Waals surface area contributed by atoms with E-state index in [2.05, 4.69) is 20.3 Å². The van der Waals surface area contributed by atoms with E-state index in [9.17, 15) is 0 Å². The van der Waals surface area contributed by atoms with Gasteiger partial charge in [-0.1, -0.05) is 84.9 Å². The van der Waals surface area contributed by atoms with E-state index >= 15 is 0 Å². The molecule has 5 heteroatoms. The van der Waals surface area contributed by atoms with Crippen molar-refractivity contribution in [1.82, 2.24) is 15.0 Å². The van der Waals surface area contributed by atoms with E-state index in [-0.39, 0.29) is 0 Å². The first-order valence-corrected chi connectivity index (χ1v) is 10.2. The predicted octanol–water partition coefficient (Wildman–Crippen LogP) is 5.90. The summed E-state index contributed by atoms with van der Waals surface area (Å²) in [7, 11) is 3.84. The van der Waals surface area contributed by atoms with Crippen molar-refractivity contribution in [2.24, 2.45) is 0 Å². The van der Waals surface area contributed by atoms with E-state index in [0.717, 1.165) is 16.8 Å². The van der Waals surface area contributed by atoms with Crippen LogP contribution >= 0.6 is 0 Å². The molecule has 4 rings (SSSR count). The average Bonchev–Trinajstić information content (AvgIpc) is 2.86. The summed E-state index contributed by atoms with van der Waals surface area (Å²) in [6.07, 6.45) is 3.88. The standard InChI is InChI=1S/C19H18N4.C7H9N/c1-3-14-23(2)19-21-17(15-10-6-4-7-11-15)20-18(22-19)16-12-8-5-9-13-16;1-8-7-5-3-2-4-6-7/h3-14H,1-2H3;2-6,8H,1H3/b14-3+;. The highest BCUT2D eigenvalue weighted by molar-refractivity contribution is 5.63. The van der Waals surface area contributed by atoms with Gasteiger partial charge in [0.1, 0.15) is 0 Å². The average molecular weight is 410 g/mol. The van der Waals surface area contributed by atoms with Crippen molar-refractivity contribution in [2.75, 3.05) is 24.3 Å². The van der Waals surface area contributed by atoms with Gasteiger partial charge in [-0.2, -0.15) is 9.97 Å². The molecule has 0 atom stereocenters. The van der Waals surface area contributed by atoms with Crippen LogP contribution in [0.15, 0.2) is 103 Å². The summed E-state index contributed by atoms with van der Waals surface area (Å²) < 4.78 is 0. The van der Waals surface area contributed by atoms with Gasteiger partial charge in [0, 0.05) is 37.1 Å². The quantitative estimate of drug-likeness (QED) is 0.444. The Morgan fingerprint density at radius 2 is 1.13 bits per heavy atom. The van der Waals surface area contributed by atoms with Crippen molar-refractivity contribution in [3.05, 3.63) is 103 Å². The fraction of sp³-hybridized carbons (Fsp3) is 0.115. The number of aromatic nitrogens is 3. The highest BCUT2D eigenvalue weighted by Crippen LogP contribution is 2.22. The zero-order chi connectivity index (χ0) is 21.9. The van der Waals surface area contributed by atoms with Crippen LogP contribution in [0.3, 0.4) is 0 Å². The summed E-state index contributed by atoms with van der Waals surface area (Å²) >= 11 is 0. The highest BCUT2D eigenvalue weighted by Gasteiger charge is 2.11. The molecule has 0 bridgehead atoms. The fourth-order valence-electron chi connectivity index (χ4n) is 2.85. The van der Waals surface area contributed by atoms with Crippen molar-refractivity contribution in [2.45, 2.75) is 6.92 Å². The number of para-hydroxylation sites is 1. The van der Waals surface area contributed by atoms with Gasteiger partial charge in [0.25, 0.3) is 0 Å². The number of hydrogen-bond donors (Lipinski definition) is 1. The van der Waals surface area contributed by atoms with Gasteiger partial charge in [-0.25, -0.2) is 4.98 Å². The lowest BCUT2D eigenvalue weighted by molar-refractivity contribution is 0.993. The molecular weight excluding hydrogens is 382 g/mol. The molecule has 0 aliphatic carbocycles. The topological polar surface area (TPSA) is 53.9 Å². The molecule has 0 saturated carbocycles. The third kappa shape index (κ3) is 6.24. The van der Waals surface area contributed by atoms with Gasteiger partial charge in [-0.15, -0.1) is 0 Å². The Morgan fingerprint density at radius 3 is 1.52 bits per heavy atom. The number of nitrogens with one attached hydrogen (secondary N) is 1. The summed E-state index contributed by atoms with van der Waals surface area (Å²) in [4.78, 5) is 15.7.